The second kappa shape index (κ2) is 10.3. The van der Waals surface area contributed by atoms with Crippen LogP contribution in [-0.4, -0.2) is 80.1 Å². The Bertz CT molecular complexity index is 601. The molecule has 3 aliphatic rings. The van der Waals surface area contributed by atoms with Gasteiger partial charge in [0.15, 0.2) is 0 Å². The van der Waals surface area contributed by atoms with Crippen LogP contribution in [0, 0.1) is 0 Å². The SMILES string of the molecule is OC1CCN(CC2(c3ccc(OCCCN4CCCC4)cc3)CCOCC2)CC1. The maximum atomic E-state index is 9.83. The third-order valence-corrected chi connectivity index (χ3v) is 7.09. The molecule has 0 unspecified atom stereocenters. The average Bonchev–Trinajstić information content (AvgIpc) is 3.28. The predicted octanol–water partition coefficient (Wildman–Crippen LogP) is 3.06. The molecule has 0 atom stereocenters. The van der Waals surface area contributed by atoms with Crippen molar-refractivity contribution < 1.29 is 14.6 Å². The lowest BCUT2D eigenvalue weighted by Crippen LogP contribution is -2.47. The van der Waals surface area contributed by atoms with Crippen LogP contribution < -0.4 is 4.74 Å². The van der Waals surface area contributed by atoms with Crippen molar-refractivity contribution in [1.82, 2.24) is 9.80 Å². The minimum Gasteiger partial charge on any atom is -0.494 e. The molecule has 3 saturated heterocycles. The zero-order valence-electron chi connectivity index (χ0n) is 17.9. The molecule has 29 heavy (non-hydrogen) atoms. The Morgan fingerprint density at radius 2 is 1.66 bits per heavy atom. The monoisotopic (exact) mass is 402 g/mol. The maximum absolute atomic E-state index is 9.83. The number of hydrogen-bond acceptors (Lipinski definition) is 5. The van der Waals surface area contributed by atoms with Crippen LogP contribution in [0.1, 0.15) is 50.5 Å². The molecule has 0 spiro atoms. The standard InChI is InChI=1S/C24H38N2O3/c27-22-8-15-26(16-9-22)20-24(10-18-28-19-11-24)21-4-6-23(7-5-21)29-17-3-14-25-12-1-2-13-25/h4-7,22,27H,1-3,8-20H2. The average molecular weight is 403 g/mol. The van der Waals surface area contributed by atoms with E-state index in [1.165, 1.54) is 31.5 Å². The molecule has 0 aromatic heterocycles. The van der Waals surface area contributed by atoms with Crippen molar-refractivity contribution in [3.63, 3.8) is 0 Å². The molecule has 1 aromatic carbocycles. The number of rotatable bonds is 8. The molecule has 4 rings (SSSR count). The van der Waals surface area contributed by atoms with E-state index in [0.717, 1.165) is 83.9 Å². The molecule has 5 nitrogen and oxygen atoms in total. The van der Waals surface area contributed by atoms with Crippen molar-refractivity contribution in [2.75, 3.05) is 59.1 Å². The molecule has 5 heteroatoms. The van der Waals surface area contributed by atoms with Gasteiger partial charge in [-0.3, -0.25) is 0 Å². The summed E-state index contributed by atoms with van der Waals surface area (Å²) >= 11 is 0. The zero-order chi connectivity index (χ0) is 19.9. The summed E-state index contributed by atoms with van der Waals surface area (Å²) in [6.07, 6.45) is 7.64. The quantitative estimate of drug-likeness (QED) is 0.677. The van der Waals surface area contributed by atoms with E-state index in [-0.39, 0.29) is 11.5 Å². The topological polar surface area (TPSA) is 45.2 Å². The van der Waals surface area contributed by atoms with Crippen LogP contribution in [0.25, 0.3) is 0 Å². The Morgan fingerprint density at radius 1 is 0.966 bits per heavy atom. The molecular weight excluding hydrogens is 364 g/mol. The van der Waals surface area contributed by atoms with Gasteiger partial charge in [-0.15, -0.1) is 0 Å². The Hall–Kier alpha value is -1.14. The maximum Gasteiger partial charge on any atom is 0.119 e. The molecule has 0 aliphatic carbocycles. The number of ether oxygens (including phenoxy) is 2. The molecule has 1 N–H and O–H groups in total. The third-order valence-electron chi connectivity index (χ3n) is 7.09. The van der Waals surface area contributed by atoms with Crippen LogP contribution >= 0.6 is 0 Å². The Labute approximate surface area is 176 Å². The summed E-state index contributed by atoms with van der Waals surface area (Å²) in [5, 5.41) is 9.83. The number of piperidine rings is 1. The van der Waals surface area contributed by atoms with E-state index in [9.17, 15) is 5.11 Å². The first kappa shape index (κ1) is 21.1. The minimum absolute atomic E-state index is 0.112. The first-order chi connectivity index (χ1) is 14.2. The highest BCUT2D eigenvalue weighted by molar-refractivity contribution is 5.33. The molecule has 0 bridgehead atoms. The summed E-state index contributed by atoms with van der Waals surface area (Å²) < 4.78 is 11.7. The fourth-order valence-corrected chi connectivity index (χ4v) is 5.19. The number of aliphatic hydroxyl groups is 1. The summed E-state index contributed by atoms with van der Waals surface area (Å²) in [6.45, 7) is 9.23. The van der Waals surface area contributed by atoms with Gasteiger partial charge in [-0.25, -0.2) is 0 Å². The summed E-state index contributed by atoms with van der Waals surface area (Å²) in [5.41, 5.74) is 1.57. The van der Waals surface area contributed by atoms with Gasteiger partial charge in [0.1, 0.15) is 5.75 Å². The number of hydrogen-bond donors (Lipinski definition) is 1. The smallest absolute Gasteiger partial charge is 0.119 e. The highest BCUT2D eigenvalue weighted by Crippen LogP contribution is 2.37. The molecule has 1 aromatic rings. The lowest BCUT2D eigenvalue weighted by Gasteiger charge is -2.43. The number of likely N-dealkylation sites (tertiary alicyclic amines) is 2. The van der Waals surface area contributed by atoms with Gasteiger partial charge in [-0.05, 0) is 75.7 Å². The highest BCUT2D eigenvalue weighted by Gasteiger charge is 2.37. The Balaban J connectivity index is 1.32. The van der Waals surface area contributed by atoms with E-state index in [1.807, 2.05) is 0 Å². The third kappa shape index (κ3) is 5.72. The number of benzene rings is 1. The summed E-state index contributed by atoms with van der Waals surface area (Å²) in [5.74, 6) is 0.985. The Kier molecular flexibility index (Phi) is 7.46. The van der Waals surface area contributed by atoms with E-state index in [2.05, 4.69) is 34.1 Å². The number of aliphatic hydroxyl groups excluding tert-OH is 1. The predicted molar refractivity (Wildman–Crippen MR) is 116 cm³/mol. The van der Waals surface area contributed by atoms with Crippen LogP contribution in [0.5, 0.6) is 5.75 Å². The molecule has 0 radical (unpaired) electrons. The zero-order valence-corrected chi connectivity index (χ0v) is 17.9. The first-order valence-corrected chi connectivity index (χ1v) is 11.7. The summed E-state index contributed by atoms with van der Waals surface area (Å²) in [4.78, 5) is 5.09. The van der Waals surface area contributed by atoms with Crippen molar-refractivity contribution in [2.24, 2.45) is 0 Å². The van der Waals surface area contributed by atoms with E-state index < -0.39 is 0 Å². The summed E-state index contributed by atoms with van der Waals surface area (Å²) in [7, 11) is 0. The van der Waals surface area contributed by atoms with Gasteiger partial charge in [0.05, 0.1) is 12.7 Å². The van der Waals surface area contributed by atoms with E-state index >= 15 is 0 Å². The van der Waals surface area contributed by atoms with Gasteiger partial charge < -0.3 is 24.4 Å². The highest BCUT2D eigenvalue weighted by atomic mass is 16.5. The van der Waals surface area contributed by atoms with Crippen molar-refractivity contribution in [3.8, 4) is 5.75 Å². The fraction of sp³-hybridized carbons (Fsp3) is 0.750. The van der Waals surface area contributed by atoms with Gasteiger partial charge in [0.25, 0.3) is 0 Å². The molecule has 162 valence electrons. The van der Waals surface area contributed by atoms with Gasteiger partial charge in [0, 0.05) is 44.8 Å². The normalized spacial score (nSPS) is 24.0. The second-order valence-electron chi connectivity index (χ2n) is 9.18. The molecule has 0 amide bonds. The number of nitrogens with zero attached hydrogens (tertiary/aromatic N) is 2. The van der Waals surface area contributed by atoms with Crippen molar-refractivity contribution in [3.05, 3.63) is 29.8 Å². The summed E-state index contributed by atoms with van der Waals surface area (Å²) in [6, 6.07) is 8.87. The first-order valence-electron chi connectivity index (χ1n) is 11.7. The lowest BCUT2D eigenvalue weighted by atomic mass is 9.73. The van der Waals surface area contributed by atoms with Crippen LogP contribution in [-0.2, 0) is 10.2 Å². The van der Waals surface area contributed by atoms with Gasteiger partial charge in [-0.1, -0.05) is 12.1 Å². The van der Waals surface area contributed by atoms with Crippen molar-refractivity contribution in [1.29, 1.82) is 0 Å². The molecule has 3 heterocycles. The largest absolute Gasteiger partial charge is 0.494 e. The lowest BCUT2D eigenvalue weighted by molar-refractivity contribution is 0.0185. The van der Waals surface area contributed by atoms with Crippen molar-refractivity contribution in [2.45, 2.75) is 56.5 Å². The fourth-order valence-electron chi connectivity index (χ4n) is 5.19. The molecule has 3 aliphatic heterocycles. The van der Waals surface area contributed by atoms with Crippen LogP contribution in [0.15, 0.2) is 24.3 Å². The van der Waals surface area contributed by atoms with Gasteiger partial charge >= 0.3 is 0 Å². The van der Waals surface area contributed by atoms with E-state index in [1.54, 1.807) is 0 Å². The second-order valence-corrected chi connectivity index (χ2v) is 9.18. The molecular formula is C24H38N2O3. The molecule has 3 fully saturated rings. The van der Waals surface area contributed by atoms with Gasteiger partial charge in [-0.2, -0.15) is 0 Å². The Morgan fingerprint density at radius 3 is 2.34 bits per heavy atom. The van der Waals surface area contributed by atoms with Crippen LogP contribution in [0.3, 0.4) is 0 Å². The minimum atomic E-state index is -0.112. The van der Waals surface area contributed by atoms with Crippen LogP contribution in [0.4, 0.5) is 0 Å². The van der Waals surface area contributed by atoms with Crippen molar-refractivity contribution >= 4 is 0 Å². The van der Waals surface area contributed by atoms with Gasteiger partial charge in [0.2, 0.25) is 0 Å². The van der Waals surface area contributed by atoms with E-state index in [4.69, 9.17) is 9.47 Å². The van der Waals surface area contributed by atoms with Crippen LogP contribution in [0.2, 0.25) is 0 Å². The molecule has 0 saturated carbocycles. The van der Waals surface area contributed by atoms with E-state index in [0.29, 0.717) is 0 Å².